The van der Waals surface area contributed by atoms with Crippen molar-refractivity contribution in [2.24, 2.45) is 10.9 Å². The minimum Gasteiger partial charge on any atom is -0.353 e. The number of carbonyl (C=O) groups excluding carboxylic acids is 1. The summed E-state index contributed by atoms with van der Waals surface area (Å²) in [6.07, 6.45) is 0. The molecule has 0 aliphatic carbocycles. The molecule has 5 heteroatoms. The van der Waals surface area contributed by atoms with Crippen LogP contribution in [0.5, 0.6) is 0 Å². The van der Waals surface area contributed by atoms with Gasteiger partial charge in [-0.05, 0) is 0 Å². The molecular formula is C4H6N4O. The molecule has 0 aromatic heterocycles. The molecule has 0 rings (SSSR count). The number of nitriles is 1. The summed E-state index contributed by atoms with van der Waals surface area (Å²) >= 11 is 0. The van der Waals surface area contributed by atoms with Crippen LogP contribution in [-0.4, -0.2) is 18.7 Å². The van der Waals surface area contributed by atoms with E-state index in [9.17, 15) is 4.79 Å². The SMILES string of the molecule is CNC(=O)/C(C#N)=N\N. The molecular weight excluding hydrogens is 120 g/mol. The van der Waals surface area contributed by atoms with E-state index in [-0.39, 0.29) is 5.71 Å². The number of rotatable bonds is 1. The number of amides is 1. The Morgan fingerprint density at radius 2 is 2.44 bits per heavy atom. The van der Waals surface area contributed by atoms with E-state index < -0.39 is 5.91 Å². The minimum absolute atomic E-state index is 0.322. The highest BCUT2D eigenvalue weighted by Crippen LogP contribution is 1.69. The van der Waals surface area contributed by atoms with Gasteiger partial charge >= 0.3 is 0 Å². The van der Waals surface area contributed by atoms with Crippen LogP contribution in [0.15, 0.2) is 5.10 Å². The third-order valence-corrected chi connectivity index (χ3v) is 0.677. The fourth-order valence-electron chi connectivity index (χ4n) is 0.257. The van der Waals surface area contributed by atoms with Crippen molar-refractivity contribution >= 4 is 11.6 Å². The number of nitrogens with zero attached hydrogens (tertiary/aromatic N) is 2. The standard InChI is InChI=1S/C4H6N4O/c1-7-4(9)3(2-5)8-6/h6H2,1H3,(H,7,9)/b8-3-. The van der Waals surface area contributed by atoms with E-state index in [0.29, 0.717) is 0 Å². The van der Waals surface area contributed by atoms with E-state index >= 15 is 0 Å². The van der Waals surface area contributed by atoms with Crippen LogP contribution in [0.25, 0.3) is 0 Å². The molecule has 0 fully saturated rings. The first-order valence-electron chi connectivity index (χ1n) is 2.16. The van der Waals surface area contributed by atoms with Crippen molar-refractivity contribution in [3.05, 3.63) is 0 Å². The number of hydrogen-bond donors (Lipinski definition) is 2. The van der Waals surface area contributed by atoms with Gasteiger partial charge in [0.2, 0.25) is 5.71 Å². The maximum absolute atomic E-state index is 10.4. The highest BCUT2D eigenvalue weighted by molar-refractivity contribution is 6.45. The monoisotopic (exact) mass is 126 g/mol. The number of carbonyl (C=O) groups is 1. The van der Waals surface area contributed by atoms with Crippen LogP contribution in [0.2, 0.25) is 0 Å². The fraction of sp³-hybridized carbons (Fsp3) is 0.250. The van der Waals surface area contributed by atoms with Gasteiger partial charge in [0.05, 0.1) is 0 Å². The van der Waals surface area contributed by atoms with Crippen molar-refractivity contribution in [1.82, 2.24) is 5.32 Å². The van der Waals surface area contributed by atoms with E-state index in [1.807, 2.05) is 0 Å². The Balaban J connectivity index is 4.19. The summed E-state index contributed by atoms with van der Waals surface area (Å²) in [5.41, 5.74) is -0.322. The van der Waals surface area contributed by atoms with Gasteiger partial charge in [0, 0.05) is 7.05 Å². The predicted molar refractivity (Wildman–Crippen MR) is 31.3 cm³/mol. The van der Waals surface area contributed by atoms with Crippen LogP contribution in [-0.2, 0) is 4.79 Å². The van der Waals surface area contributed by atoms with E-state index in [4.69, 9.17) is 5.26 Å². The molecule has 0 aromatic rings. The second-order valence-electron chi connectivity index (χ2n) is 1.17. The summed E-state index contributed by atoms with van der Waals surface area (Å²) in [6, 6.07) is 1.52. The van der Waals surface area contributed by atoms with Gasteiger partial charge in [0.1, 0.15) is 6.07 Å². The van der Waals surface area contributed by atoms with E-state index in [2.05, 4.69) is 16.3 Å². The van der Waals surface area contributed by atoms with Crippen LogP contribution >= 0.6 is 0 Å². The lowest BCUT2D eigenvalue weighted by molar-refractivity contribution is -0.114. The zero-order valence-electron chi connectivity index (χ0n) is 4.88. The summed E-state index contributed by atoms with van der Waals surface area (Å²) in [6.45, 7) is 0. The van der Waals surface area contributed by atoms with Gasteiger partial charge in [-0.15, -0.1) is 0 Å². The van der Waals surface area contributed by atoms with Crippen molar-refractivity contribution in [3.63, 3.8) is 0 Å². The van der Waals surface area contributed by atoms with Gasteiger partial charge in [-0.1, -0.05) is 0 Å². The van der Waals surface area contributed by atoms with Crippen LogP contribution in [0.4, 0.5) is 0 Å². The van der Waals surface area contributed by atoms with Crippen LogP contribution in [0.1, 0.15) is 0 Å². The van der Waals surface area contributed by atoms with Crippen molar-refractivity contribution in [2.45, 2.75) is 0 Å². The molecule has 0 atom stereocenters. The molecule has 3 N–H and O–H groups in total. The average Bonchev–Trinajstić information content (AvgIpc) is 1.90. The third kappa shape index (κ3) is 1.78. The quantitative estimate of drug-likeness (QED) is 0.256. The van der Waals surface area contributed by atoms with Gasteiger partial charge in [-0.3, -0.25) is 4.79 Å². The topological polar surface area (TPSA) is 91.3 Å². The summed E-state index contributed by atoms with van der Waals surface area (Å²) in [7, 11) is 1.39. The van der Waals surface area contributed by atoms with Gasteiger partial charge < -0.3 is 11.2 Å². The maximum atomic E-state index is 10.4. The van der Waals surface area contributed by atoms with E-state index in [1.54, 1.807) is 0 Å². The molecule has 9 heavy (non-hydrogen) atoms. The van der Waals surface area contributed by atoms with Gasteiger partial charge in [-0.2, -0.15) is 10.4 Å². The van der Waals surface area contributed by atoms with Crippen LogP contribution in [0.3, 0.4) is 0 Å². The van der Waals surface area contributed by atoms with Crippen LogP contribution in [0, 0.1) is 11.3 Å². The first-order valence-corrected chi connectivity index (χ1v) is 2.16. The molecule has 0 heterocycles. The van der Waals surface area contributed by atoms with E-state index in [0.717, 1.165) is 0 Å². The number of hydrazone groups is 1. The highest BCUT2D eigenvalue weighted by Gasteiger charge is 2.05. The second-order valence-corrected chi connectivity index (χ2v) is 1.17. The normalized spacial score (nSPS) is 10.0. The van der Waals surface area contributed by atoms with Crippen molar-refractivity contribution in [2.75, 3.05) is 7.05 Å². The lowest BCUT2D eigenvalue weighted by atomic mass is 10.4. The summed E-state index contributed by atoms with van der Waals surface area (Å²) in [5, 5.41) is 13.2. The largest absolute Gasteiger partial charge is 0.353 e. The average molecular weight is 126 g/mol. The Morgan fingerprint density at radius 1 is 1.89 bits per heavy atom. The Hall–Kier alpha value is -1.57. The van der Waals surface area contributed by atoms with E-state index in [1.165, 1.54) is 13.1 Å². The molecule has 0 radical (unpaired) electrons. The lowest BCUT2D eigenvalue weighted by Gasteiger charge is -1.90. The Morgan fingerprint density at radius 3 is 2.56 bits per heavy atom. The van der Waals surface area contributed by atoms with Crippen molar-refractivity contribution < 1.29 is 4.79 Å². The molecule has 1 amide bonds. The summed E-state index contributed by atoms with van der Waals surface area (Å²) < 4.78 is 0. The molecule has 0 bridgehead atoms. The molecule has 0 saturated heterocycles. The number of nitrogens with two attached hydrogens (primary N) is 1. The number of nitrogens with one attached hydrogen (secondary N) is 1. The molecule has 0 unspecified atom stereocenters. The number of hydrogen-bond acceptors (Lipinski definition) is 4. The smallest absolute Gasteiger partial charge is 0.282 e. The molecule has 0 aromatic carbocycles. The van der Waals surface area contributed by atoms with Crippen molar-refractivity contribution in [3.8, 4) is 6.07 Å². The zero-order valence-corrected chi connectivity index (χ0v) is 4.88. The maximum Gasteiger partial charge on any atom is 0.282 e. The molecule has 0 saturated carbocycles. The third-order valence-electron chi connectivity index (χ3n) is 0.677. The predicted octanol–water partition coefficient (Wildman–Crippen LogP) is -1.43. The molecule has 0 aliphatic rings. The van der Waals surface area contributed by atoms with Gasteiger partial charge in [-0.25, -0.2) is 0 Å². The first-order chi connectivity index (χ1) is 4.26. The lowest BCUT2D eigenvalue weighted by Crippen LogP contribution is -2.27. The Bertz CT molecular complexity index is 177. The van der Waals surface area contributed by atoms with Gasteiger partial charge in [0.25, 0.3) is 5.91 Å². The molecule has 0 spiro atoms. The summed E-state index contributed by atoms with van der Waals surface area (Å²) in [4.78, 5) is 10.4. The summed E-state index contributed by atoms with van der Waals surface area (Å²) in [5.74, 6) is 4.09. The first kappa shape index (κ1) is 7.43. The molecule has 48 valence electrons. The Kier molecular flexibility index (Phi) is 2.84. The van der Waals surface area contributed by atoms with Gasteiger partial charge in [0.15, 0.2) is 0 Å². The fourth-order valence-corrected chi connectivity index (χ4v) is 0.257. The molecule has 0 aliphatic heterocycles. The van der Waals surface area contributed by atoms with Crippen LogP contribution < -0.4 is 11.2 Å². The minimum atomic E-state index is -0.569. The zero-order chi connectivity index (χ0) is 7.28. The van der Waals surface area contributed by atoms with Crippen molar-refractivity contribution in [1.29, 1.82) is 5.26 Å². The Labute approximate surface area is 52.1 Å². The highest BCUT2D eigenvalue weighted by atomic mass is 16.1. The second kappa shape index (κ2) is 3.43. The molecule has 5 nitrogen and oxygen atoms in total.